The molecule has 1 aromatic rings. The second kappa shape index (κ2) is 8.81. The smallest absolute Gasteiger partial charge is 0.0277 e. The summed E-state index contributed by atoms with van der Waals surface area (Å²) in [5.41, 5.74) is 2.71. The molecule has 0 unspecified atom stereocenters. The van der Waals surface area contributed by atoms with E-state index in [4.69, 9.17) is 0 Å². The Morgan fingerprint density at radius 1 is 0.684 bits per heavy atom. The quantitative estimate of drug-likeness (QED) is 0.537. The van der Waals surface area contributed by atoms with Gasteiger partial charge in [0, 0.05) is 12.0 Å². The van der Waals surface area contributed by atoms with Crippen LogP contribution in [-0.2, 0) is 6.42 Å². The van der Waals surface area contributed by atoms with Gasteiger partial charge in [-0.25, -0.2) is 0 Å². The first-order chi connectivity index (χ1) is 9.47. The number of aryl methyl sites for hydroxylation is 1. The van der Waals surface area contributed by atoms with Crippen LogP contribution in [0.4, 0.5) is 0 Å². The summed E-state index contributed by atoms with van der Waals surface area (Å²) in [5, 5.41) is 0. The molecule has 19 heavy (non-hydrogen) atoms. The highest BCUT2D eigenvalue weighted by Gasteiger charge is 2.00. The van der Waals surface area contributed by atoms with Crippen LogP contribution in [0.5, 0.6) is 0 Å². The first-order valence-corrected chi connectivity index (χ1v) is 8.03. The molecule has 0 fully saturated rings. The van der Waals surface area contributed by atoms with E-state index in [0.29, 0.717) is 0 Å². The average molecular weight is 254 g/mol. The summed E-state index contributed by atoms with van der Waals surface area (Å²) in [6, 6.07) is 8.69. The van der Waals surface area contributed by atoms with Crippen LogP contribution in [0.2, 0.25) is 0 Å². The number of hydrogen-bond donors (Lipinski definition) is 0. The lowest BCUT2D eigenvalue weighted by Crippen LogP contribution is -1.90. The second-order valence-corrected chi connectivity index (χ2v) is 5.64. The predicted octanol–water partition coefficient (Wildman–Crippen LogP) is 5.50. The normalized spacial score (nSPS) is 18.3. The molecule has 0 heteroatoms. The molecule has 102 valence electrons. The van der Waals surface area contributed by atoms with E-state index in [1.807, 2.05) is 0 Å². The van der Waals surface area contributed by atoms with Crippen molar-refractivity contribution in [3.63, 3.8) is 0 Å². The molecule has 0 atom stereocenters. The minimum atomic E-state index is 1.06. The van der Waals surface area contributed by atoms with Crippen LogP contribution in [-0.4, -0.2) is 0 Å². The van der Waals surface area contributed by atoms with Gasteiger partial charge < -0.3 is 0 Å². The molecule has 0 radical (unpaired) electrons. The average Bonchev–Trinajstić information content (AvgIpc) is 2.45. The Bertz CT molecular complexity index is 419. The Balaban J connectivity index is 1.98. The van der Waals surface area contributed by atoms with Crippen molar-refractivity contribution in [2.24, 2.45) is 0 Å². The highest BCUT2D eigenvalue weighted by atomic mass is 14.0. The molecular weight excluding hydrogens is 228 g/mol. The monoisotopic (exact) mass is 254 g/mol. The van der Waals surface area contributed by atoms with Crippen molar-refractivity contribution in [1.29, 1.82) is 0 Å². The molecule has 0 saturated carbocycles. The number of benzene rings is 1. The number of rotatable bonds is 0. The summed E-state index contributed by atoms with van der Waals surface area (Å²) in [4.78, 5) is 0. The predicted molar refractivity (Wildman–Crippen MR) is 83.2 cm³/mol. The summed E-state index contributed by atoms with van der Waals surface area (Å²) >= 11 is 0. The van der Waals surface area contributed by atoms with Crippen molar-refractivity contribution in [3.05, 3.63) is 35.4 Å². The Morgan fingerprint density at radius 2 is 1.32 bits per heavy atom. The van der Waals surface area contributed by atoms with E-state index >= 15 is 0 Å². The number of hydrogen-bond acceptors (Lipinski definition) is 0. The summed E-state index contributed by atoms with van der Waals surface area (Å²) in [6.45, 7) is 0. The Morgan fingerprint density at radius 3 is 2.11 bits per heavy atom. The zero-order chi connectivity index (χ0) is 13.2. The second-order valence-electron chi connectivity index (χ2n) is 5.64. The fourth-order valence-electron chi connectivity index (χ4n) is 2.78. The molecule has 0 nitrogen and oxygen atoms in total. The van der Waals surface area contributed by atoms with Gasteiger partial charge in [0.2, 0.25) is 0 Å². The van der Waals surface area contributed by atoms with E-state index in [1.165, 1.54) is 75.3 Å². The molecule has 1 aromatic carbocycles. The van der Waals surface area contributed by atoms with Crippen LogP contribution in [0, 0.1) is 11.8 Å². The Hall–Kier alpha value is -1.22. The maximum absolute atomic E-state index is 3.38. The van der Waals surface area contributed by atoms with Crippen LogP contribution in [0.25, 0.3) is 0 Å². The van der Waals surface area contributed by atoms with Crippen LogP contribution < -0.4 is 0 Å². The van der Waals surface area contributed by atoms with Gasteiger partial charge in [0.15, 0.2) is 0 Å². The molecular formula is C19H26. The minimum Gasteiger partial charge on any atom is -0.0979 e. The van der Waals surface area contributed by atoms with Gasteiger partial charge in [0.1, 0.15) is 0 Å². The Labute approximate surface area is 118 Å². The Kier molecular flexibility index (Phi) is 6.58. The van der Waals surface area contributed by atoms with Gasteiger partial charge in [0.05, 0.1) is 0 Å². The van der Waals surface area contributed by atoms with Gasteiger partial charge in [-0.3, -0.25) is 0 Å². The third-order valence-corrected chi connectivity index (χ3v) is 3.99. The molecule has 0 aliphatic heterocycles. The molecule has 0 heterocycles. The van der Waals surface area contributed by atoms with Crippen molar-refractivity contribution in [2.75, 3.05) is 0 Å². The van der Waals surface area contributed by atoms with E-state index in [-0.39, 0.29) is 0 Å². The largest absolute Gasteiger partial charge is 0.0979 e. The standard InChI is InChI=1S/C19H26/c1-2-4-6-8-10-14-18-16-12-13-17-19(18)15-11-9-7-5-3-1/h12-13,16-17H,1-10,14H2. The van der Waals surface area contributed by atoms with E-state index in [2.05, 4.69) is 36.1 Å². The fraction of sp³-hybridized carbons (Fsp3) is 0.579. The van der Waals surface area contributed by atoms with Gasteiger partial charge in [-0.05, 0) is 30.9 Å². The van der Waals surface area contributed by atoms with Crippen molar-refractivity contribution < 1.29 is 0 Å². The first-order valence-electron chi connectivity index (χ1n) is 8.03. The zero-order valence-corrected chi connectivity index (χ0v) is 12.1. The third kappa shape index (κ3) is 5.52. The molecule has 0 amide bonds. The molecule has 0 saturated heterocycles. The molecule has 1 aliphatic rings. The van der Waals surface area contributed by atoms with Gasteiger partial charge in [0.25, 0.3) is 0 Å². The first kappa shape index (κ1) is 14.2. The number of fused-ring (bicyclic) bond motifs is 1. The topological polar surface area (TPSA) is 0 Å². The SMILES string of the molecule is C1#Cc2ccccc2CCCCCCCCCCC1. The van der Waals surface area contributed by atoms with Crippen molar-refractivity contribution in [1.82, 2.24) is 0 Å². The van der Waals surface area contributed by atoms with Crippen molar-refractivity contribution in [2.45, 2.75) is 70.6 Å². The maximum atomic E-state index is 3.38. The molecule has 0 bridgehead atoms. The van der Waals surface area contributed by atoms with Gasteiger partial charge in [-0.1, -0.05) is 75.0 Å². The third-order valence-electron chi connectivity index (χ3n) is 3.99. The minimum absolute atomic E-state index is 1.06. The molecule has 2 rings (SSSR count). The lowest BCUT2D eigenvalue weighted by atomic mass is 10.0. The maximum Gasteiger partial charge on any atom is 0.0277 e. The summed E-state index contributed by atoms with van der Waals surface area (Å²) in [5.74, 6) is 6.74. The van der Waals surface area contributed by atoms with Gasteiger partial charge >= 0.3 is 0 Å². The van der Waals surface area contributed by atoms with Crippen LogP contribution in [0.15, 0.2) is 24.3 Å². The van der Waals surface area contributed by atoms with Crippen molar-refractivity contribution >= 4 is 0 Å². The molecule has 0 aromatic heterocycles. The highest BCUT2D eigenvalue weighted by Crippen LogP contribution is 2.15. The van der Waals surface area contributed by atoms with E-state index in [1.54, 1.807) is 0 Å². The summed E-state index contributed by atoms with van der Waals surface area (Å²) in [7, 11) is 0. The van der Waals surface area contributed by atoms with Crippen LogP contribution in [0.1, 0.15) is 75.3 Å². The van der Waals surface area contributed by atoms with Crippen LogP contribution in [0.3, 0.4) is 0 Å². The van der Waals surface area contributed by atoms with E-state index < -0.39 is 0 Å². The molecule has 1 aliphatic carbocycles. The highest BCUT2D eigenvalue weighted by molar-refractivity contribution is 5.41. The van der Waals surface area contributed by atoms with Gasteiger partial charge in [-0.2, -0.15) is 0 Å². The summed E-state index contributed by atoms with van der Waals surface area (Å²) < 4.78 is 0. The zero-order valence-electron chi connectivity index (χ0n) is 12.1. The van der Waals surface area contributed by atoms with E-state index in [0.717, 1.165) is 6.42 Å². The van der Waals surface area contributed by atoms with Gasteiger partial charge in [-0.15, -0.1) is 0 Å². The lowest BCUT2D eigenvalue weighted by Gasteiger charge is -2.04. The fourth-order valence-corrected chi connectivity index (χ4v) is 2.78. The molecule has 0 N–H and O–H groups in total. The van der Waals surface area contributed by atoms with Crippen molar-refractivity contribution in [3.8, 4) is 11.8 Å². The van der Waals surface area contributed by atoms with E-state index in [9.17, 15) is 0 Å². The molecule has 0 spiro atoms. The summed E-state index contributed by atoms with van der Waals surface area (Å²) in [6.07, 6.45) is 14.7. The lowest BCUT2D eigenvalue weighted by molar-refractivity contribution is 0.561. The van der Waals surface area contributed by atoms with Crippen LogP contribution >= 0.6 is 0 Å².